The maximum Gasteiger partial charge on any atom is 0.312 e. The van der Waals surface area contributed by atoms with Gasteiger partial charge in [0.2, 0.25) is 0 Å². The van der Waals surface area contributed by atoms with Crippen molar-refractivity contribution in [3.8, 4) is 0 Å². The minimum absolute atomic E-state index is 0.388. The van der Waals surface area contributed by atoms with Gasteiger partial charge in [0.15, 0.2) is 5.13 Å². The van der Waals surface area contributed by atoms with Crippen LogP contribution in [0.25, 0.3) is 0 Å². The largest absolute Gasteiger partial charge is 0.481 e. The molecule has 110 valence electrons. The summed E-state index contributed by atoms with van der Waals surface area (Å²) in [5, 5.41) is 13.7. The highest BCUT2D eigenvalue weighted by Crippen LogP contribution is 2.41. The second kappa shape index (κ2) is 5.35. The van der Waals surface area contributed by atoms with Crippen molar-refractivity contribution in [2.24, 2.45) is 11.8 Å². The molecule has 4 atom stereocenters. The average molecular weight is 294 g/mol. The molecule has 1 fully saturated rings. The molecule has 5 heteroatoms. The number of hydrogen-bond acceptors (Lipinski definition) is 4. The number of nitrogens with one attached hydrogen (secondary N) is 1. The predicted molar refractivity (Wildman–Crippen MR) is 80.4 cm³/mol. The van der Waals surface area contributed by atoms with Crippen molar-refractivity contribution in [2.45, 2.75) is 57.9 Å². The number of fused-ring (bicyclic) bond motifs is 1. The Bertz CT molecular complexity index is 514. The number of anilines is 1. The Morgan fingerprint density at radius 1 is 1.45 bits per heavy atom. The molecule has 4 unspecified atom stereocenters. The van der Waals surface area contributed by atoms with E-state index in [1.807, 2.05) is 0 Å². The Morgan fingerprint density at radius 3 is 2.90 bits per heavy atom. The van der Waals surface area contributed by atoms with Crippen molar-refractivity contribution in [3.05, 3.63) is 10.6 Å². The van der Waals surface area contributed by atoms with Gasteiger partial charge < -0.3 is 10.4 Å². The third-order valence-corrected chi connectivity index (χ3v) is 6.14. The molecule has 0 saturated heterocycles. The van der Waals surface area contributed by atoms with Gasteiger partial charge in [0.1, 0.15) is 5.92 Å². The summed E-state index contributed by atoms with van der Waals surface area (Å²) >= 11 is 1.66. The first-order valence-electron chi connectivity index (χ1n) is 7.59. The molecule has 4 nitrogen and oxygen atoms in total. The zero-order valence-electron chi connectivity index (χ0n) is 12.1. The summed E-state index contributed by atoms with van der Waals surface area (Å²) in [6.45, 7) is 4.58. The summed E-state index contributed by atoms with van der Waals surface area (Å²) in [5.74, 6) is 0.363. The lowest BCUT2D eigenvalue weighted by Gasteiger charge is -2.20. The maximum atomic E-state index is 11.2. The average Bonchev–Trinajstić information content (AvgIpc) is 3.05. The van der Waals surface area contributed by atoms with E-state index < -0.39 is 5.97 Å². The number of aromatic nitrogens is 1. The Hall–Kier alpha value is -1.10. The van der Waals surface area contributed by atoms with Crippen LogP contribution in [0.4, 0.5) is 5.13 Å². The van der Waals surface area contributed by atoms with Gasteiger partial charge in [-0.1, -0.05) is 20.3 Å². The van der Waals surface area contributed by atoms with Gasteiger partial charge in [-0.25, -0.2) is 4.98 Å². The first kappa shape index (κ1) is 13.9. The standard InChI is InChI=1S/C15H22N2O2S/c1-3-9-4-6-11(8(9)2)16-15-17-13-10(14(18)19)5-7-12(13)20-15/h8-11H,3-7H2,1-2H3,(H,16,17)(H,18,19). The molecule has 3 rings (SSSR count). The van der Waals surface area contributed by atoms with E-state index in [0.717, 1.165) is 28.0 Å². The summed E-state index contributed by atoms with van der Waals surface area (Å²) in [5.41, 5.74) is 0.808. The van der Waals surface area contributed by atoms with Crippen LogP contribution in [0, 0.1) is 11.8 Å². The van der Waals surface area contributed by atoms with Gasteiger partial charge in [-0.05, 0) is 37.5 Å². The number of thiazole rings is 1. The van der Waals surface area contributed by atoms with E-state index in [9.17, 15) is 9.90 Å². The number of aliphatic carboxylic acids is 1. The number of aryl methyl sites for hydroxylation is 1. The van der Waals surface area contributed by atoms with Gasteiger partial charge >= 0.3 is 5.97 Å². The van der Waals surface area contributed by atoms with Gasteiger partial charge in [-0.3, -0.25) is 4.79 Å². The number of rotatable bonds is 4. The lowest BCUT2D eigenvalue weighted by atomic mass is 9.94. The third kappa shape index (κ3) is 2.32. The fourth-order valence-corrected chi connectivity index (χ4v) is 4.82. The number of nitrogens with zero attached hydrogens (tertiary/aromatic N) is 1. The zero-order valence-corrected chi connectivity index (χ0v) is 12.9. The van der Waals surface area contributed by atoms with Crippen LogP contribution >= 0.6 is 11.3 Å². The van der Waals surface area contributed by atoms with E-state index in [-0.39, 0.29) is 5.92 Å². The van der Waals surface area contributed by atoms with Crippen molar-refractivity contribution in [1.29, 1.82) is 0 Å². The second-order valence-corrected chi connectivity index (χ2v) is 7.20. The molecule has 20 heavy (non-hydrogen) atoms. The highest BCUT2D eigenvalue weighted by atomic mass is 32.1. The molecule has 2 N–H and O–H groups in total. The lowest BCUT2D eigenvalue weighted by Crippen LogP contribution is -2.24. The quantitative estimate of drug-likeness (QED) is 0.892. The minimum Gasteiger partial charge on any atom is -0.481 e. The summed E-state index contributed by atoms with van der Waals surface area (Å²) in [7, 11) is 0. The molecular weight excluding hydrogens is 272 g/mol. The first-order valence-corrected chi connectivity index (χ1v) is 8.40. The van der Waals surface area contributed by atoms with Crippen molar-refractivity contribution >= 4 is 22.4 Å². The van der Waals surface area contributed by atoms with Crippen LogP contribution in [0.15, 0.2) is 0 Å². The summed E-state index contributed by atoms with van der Waals surface area (Å²) in [6, 6.07) is 0.495. The van der Waals surface area contributed by atoms with Gasteiger partial charge in [-0.15, -0.1) is 11.3 Å². The van der Waals surface area contributed by atoms with Crippen LogP contribution in [0.5, 0.6) is 0 Å². The van der Waals surface area contributed by atoms with Crippen LogP contribution < -0.4 is 5.32 Å². The lowest BCUT2D eigenvalue weighted by molar-refractivity contribution is -0.138. The van der Waals surface area contributed by atoms with Gasteiger partial charge in [0, 0.05) is 10.9 Å². The van der Waals surface area contributed by atoms with Crippen molar-refractivity contribution < 1.29 is 9.90 Å². The van der Waals surface area contributed by atoms with E-state index in [1.165, 1.54) is 19.3 Å². The van der Waals surface area contributed by atoms with E-state index in [2.05, 4.69) is 24.1 Å². The number of carboxylic acids is 1. The molecule has 0 aliphatic heterocycles. The third-order valence-electron chi connectivity index (χ3n) is 5.08. The van der Waals surface area contributed by atoms with E-state index >= 15 is 0 Å². The molecule has 0 spiro atoms. The van der Waals surface area contributed by atoms with Crippen molar-refractivity contribution in [2.75, 3.05) is 5.32 Å². The Labute approximate surface area is 123 Å². The van der Waals surface area contributed by atoms with Crippen LogP contribution in [0.2, 0.25) is 0 Å². The van der Waals surface area contributed by atoms with E-state index in [4.69, 9.17) is 0 Å². The Morgan fingerprint density at radius 2 is 2.25 bits per heavy atom. The fraction of sp³-hybridized carbons (Fsp3) is 0.733. The van der Waals surface area contributed by atoms with Crippen molar-refractivity contribution in [3.63, 3.8) is 0 Å². The molecule has 0 aromatic carbocycles. The number of carbonyl (C=O) groups is 1. The van der Waals surface area contributed by atoms with Gasteiger partial charge in [0.05, 0.1) is 5.69 Å². The molecule has 1 heterocycles. The molecule has 1 saturated carbocycles. The SMILES string of the molecule is CCC1CCC(Nc2nc3c(s2)CCC3C(=O)O)C1C. The molecule has 2 aliphatic rings. The van der Waals surface area contributed by atoms with Crippen molar-refractivity contribution in [1.82, 2.24) is 4.98 Å². The summed E-state index contributed by atoms with van der Waals surface area (Å²) < 4.78 is 0. The topological polar surface area (TPSA) is 62.2 Å². The first-order chi connectivity index (χ1) is 9.60. The maximum absolute atomic E-state index is 11.2. The summed E-state index contributed by atoms with van der Waals surface area (Å²) in [4.78, 5) is 16.9. The van der Waals surface area contributed by atoms with Crippen LogP contribution in [0.1, 0.15) is 56.0 Å². The second-order valence-electron chi connectivity index (χ2n) is 6.11. The molecule has 0 bridgehead atoms. The molecule has 1 aromatic heterocycles. The van der Waals surface area contributed by atoms with Gasteiger partial charge in [0.25, 0.3) is 0 Å². The zero-order chi connectivity index (χ0) is 14.3. The van der Waals surface area contributed by atoms with E-state index in [1.54, 1.807) is 11.3 Å². The smallest absolute Gasteiger partial charge is 0.312 e. The molecular formula is C15H22N2O2S. The molecule has 0 amide bonds. The normalized spacial score (nSPS) is 32.3. The Kier molecular flexibility index (Phi) is 3.71. The van der Waals surface area contributed by atoms with E-state index in [0.29, 0.717) is 18.4 Å². The summed E-state index contributed by atoms with van der Waals surface area (Å²) in [6.07, 6.45) is 5.31. The fourth-order valence-electron chi connectivity index (χ4n) is 3.72. The minimum atomic E-state index is -0.735. The molecule has 2 aliphatic carbocycles. The highest BCUT2D eigenvalue weighted by Gasteiger charge is 2.35. The predicted octanol–water partition coefficient (Wildman–Crippen LogP) is 3.49. The monoisotopic (exact) mass is 294 g/mol. The van der Waals surface area contributed by atoms with Crippen LogP contribution in [-0.4, -0.2) is 22.1 Å². The number of carboxylic acid groups (broad SMARTS) is 1. The Balaban J connectivity index is 1.71. The van der Waals surface area contributed by atoms with Crippen LogP contribution in [0.3, 0.4) is 0 Å². The molecule has 1 aromatic rings. The van der Waals surface area contributed by atoms with Crippen LogP contribution in [-0.2, 0) is 11.2 Å². The molecule has 0 radical (unpaired) electrons. The van der Waals surface area contributed by atoms with Gasteiger partial charge in [-0.2, -0.15) is 0 Å². The highest BCUT2D eigenvalue weighted by molar-refractivity contribution is 7.15. The number of hydrogen-bond donors (Lipinski definition) is 2.